The maximum absolute atomic E-state index is 11.4. The quantitative estimate of drug-likeness (QED) is 0.596. The molecule has 0 radical (unpaired) electrons. The molecule has 0 spiro atoms. The summed E-state index contributed by atoms with van der Waals surface area (Å²) in [5.74, 6) is -0.0229. The van der Waals surface area contributed by atoms with Crippen molar-refractivity contribution in [3.63, 3.8) is 0 Å². The van der Waals surface area contributed by atoms with Crippen LogP contribution in [-0.2, 0) is 11.3 Å². The third kappa shape index (κ3) is 5.15. The van der Waals surface area contributed by atoms with Crippen molar-refractivity contribution in [2.75, 3.05) is 6.54 Å². The first kappa shape index (κ1) is 13.2. The molecular formula is C13H18N2O2. The molecule has 1 N–H and O–H groups in total. The fraction of sp³-hybridized carbons (Fsp3) is 0.385. The van der Waals surface area contributed by atoms with Gasteiger partial charge in [0.15, 0.2) is 0 Å². The molecule has 1 rings (SSSR count). The van der Waals surface area contributed by atoms with Crippen LogP contribution in [-0.4, -0.2) is 17.0 Å². The molecule has 0 bridgehead atoms. The number of rotatable bonds is 6. The molecule has 0 aromatic carbocycles. The average Bonchev–Trinajstić information content (AvgIpc) is 2.34. The normalized spacial score (nSPS) is 10.6. The molecular weight excluding hydrogens is 216 g/mol. The first-order valence-corrected chi connectivity index (χ1v) is 5.77. The van der Waals surface area contributed by atoms with Crippen molar-refractivity contribution in [1.29, 1.82) is 0 Å². The predicted molar refractivity (Wildman–Crippen MR) is 67.8 cm³/mol. The van der Waals surface area contributed by atoms with Gasteiger partial charge in [-0.1, -0.05) is 18.2 Å². The molecule has 4 nitrogen and oxygen atoms in total. The molecule has 0 aliphatic heterocycles. The molecule has 0 fully saturated rings. The number of aryl methyl sites for hydroxylation is 1. The van der Waals surface area contributed by atoms with Crippen LogP contribution in [0.1, 0.15) is 19.8 Å². The maximum Gasteiger partial charge on any atom is 0.250 e. The molecule has 0 saturated carbocycles. The lowest BCUT2D eigenvalue weighted by Crippen LogP contribution is -2.27. The van der Waals surface area contributed by atoms with Crippen molar-refractivity contribution in [3.05, 3.63) is 46.9 Å². The van der Waals surface area contributed by atoms with Gasteiger partial charge < -0.3 is 9.88 Å². The zero-order valence-corrected chi connectivity index (χ0v) is 10.1. The highest BCUT2D eigenvalue weighted by atomic mass is 16.1. The minimum absolute atomic E-state index is 0.0229. The second-order valence-corrected chi connectivity index (χ2v) is 3.69. The van der Waals surface area contributed by atoms with Crippen LogP contribution in [0.25, 0.3) is 0 Å². The molecule has 4 heteroatoms. The molecule has 1 amide bonds. The molecule has 1 aromatic heterocycles. The molecule has 0 saturated heterocycles. The van der Waals surface area contributed by atoms with Gasteiger partial charge in [0.25, 0.3) is 5.56 Å². The van der Waals surface area contributed by atoms with E-state index < -0.39 is 0 Å². The van der Waals surface area contributed by atoms with Crippen LogP contribution in [0.3, 0.4) is 0 Å². The number of hydrogen-bond donors (Lipinski definition) is 1. The Morgan fingerprint density at radius 2 is 2.29 bits per heavy atom. The third-order valence-electron chi connectivity index (χ3n) is 2.35. The van der Waals surface area contributed by atoms with Crippen molar-refractivity contribution < 1.29 is 4.79 Å². The summed E-state index contributed by atoms with van der Waals surface area (Å²) in [7, 11) is 0. The molecule has 1 aromatic rings. The van der Waals surface area contributed by atoms with Gasteiger partial charge in [-0.15, -0.1) is 0 Å². The van der Waals surface area contributed by atoms with Crippen molar-refractivity contribution in [1.82, 2.24) is 9.88 Å². The highest BCUT2D eigenvalue weighted by Crippen LogP contribution is 1.88. The van der Waals surface area contributed by atoms with E-state index in [1.54, 1.807) is 18.3 Å². The Morgan fingerprint density at radius 1 is 1.47 bits per heavy atom. The number of carbonyl (C=O) groups is 1. The fourth-order valence-electron chi connectivity index (χ4n) is 1.42. The van der Waals surface area contributed by atoms with E-state index in [9.17, 15) is 9.59 Å². The van der Waals surface area contributed by atoms with E-state index in [0.717, 1.165) is 6.42 Å². The van der Waals surface area contributed by atoms with Crippen LogP contribution in [0.15, 0.2) is 41.3 Å². The molecule has 0 unspecified atom stereocenters. The summed E-state index contributed by atoms with van der Waals surface area (Å²) in [6.07, 6.45) is 6.82. The standard InChI is InChI=1S/C13H18N2O2/c1-2-3-5-9-14-12(16)8-11-15-10-6-4-7-13(15)17/h2-4,6-7,10H,5,8-9,11H2,1H3,(H,14,16)/b3-2+. The zero-order chi connectivity index (χ0) is 12.5. The fourth-order valence-corrected chi connectivity index (χ4v) is 1.42. The Labute approximate surface area is 101 Å². The Kier molecular flexibility index (Phi) is 5.79. The van der Waals surface area contributed by atoms with Crippen molar-refractivity contribution >= 4 is 5.91 Å². The van der Waals surface area contributed by atoms with Crippen LogP contribution in [0.5, 0.6) is 0 Å². The number of aromatic nitrogens is 1. The largest absolute Gasteiger partial charge is 0.356 e. The van der Waals surface area contributed by atoms with Gasteiger partial charge in [-0.05, 0) is 19.4 Å². The monoisotopic (exact) mass is 234 g/mol. The van der Waals surface area contributed by atoms with Gasteiger partial charge in [-0.2, -0.15) is 0 Å². The van der Waals surface area contributed by atoms with Gasteiger partial charge in [0.1, 0.15) is 0 Å². The zero-order valence-electron chi connectivity index (χ0n) is 10.1. The van der Waals surface area contributed by atoms with E-state index in [0.29, 0.717) is 19.5 Å². The molecule has 92 valence electrons. The summed E-state index contributed by atoms with van der Waals surface area (Å²) < 4.78 is 1.53. The highest BCUT2D eigenvalue weighted by molar-refractivity contribution is 5.75. The lowest BCUT2D eigenvalue weighted by atomic mass is 10.3. The van der Waals surface area contributed by atoms with Gasteiger partial charge in [0, 0.05) is 31.8 Å². The second kappa shape index (κ2) is 7.44. The average molecular weight is 234 g/mol. The van der Waals surface area contributed by atoms with E-state index in [2.05, 4.69) is 5.32 Å². The number of hydrogen-bond acceptors (Lipinski definition) is 2. The van der Waals surface area contributed by atoms with Gasteiger partial charge in [0.2, 0.25) is 5.91 Å². The van der Waals surface area contributed by atoms with Crippen LogP contribution in [0.2, 0.25) is 0 Å². The summed E-state index contributed by atoms with van der Waals surface area (Å²) in [6, 6.07) is 4.96. The van der Waals surface area contributed by atoms with E-state index in [1.807, 2.05) is 19.1 Å². The smallest absolute Gasteiger partial charge is 0.250 e. The number of amides is 1. The van der Waals surface area contributed by atoms with Crippen molar-refractivity contribution in [3.8, 4) is 0 Å². The van der Waals surface area contributed by atoms with Crippen molar-refractivity contribution in [2.45, 2.75) is 26.3 Å². The first-order chi connectivity index (χ1) is 8.24. The summed E-state index contributed by atoms with van der Waals surface area (Å²) >= 11 is 0. The van der Waals surface area contributed by atoms with Crippen LogP contribution in [0.4, 0.5) is 0 Å². The number of nitrogens with zero attached hydrogens (tertiary/aromatic N) is 1. The minimum Gasteiger partial charge on any atom is -0.356 e. The second-order valence-electron chi connectivity index (χ2n) is 3.69. The molecule has 0 atom stereocenters. The lowest BCUT2D eigenvalue weighted by Gasteiger charge is -2.05. The SMILES string of the molecule is C/C=C/CCNC(=O)CCn1ccccc1=O. The van der Waals surface area contributed by atoms with E-state index in [4.69, 9.17) is 0 Å². The Bertz CT molecular complexity index is 435. The van der Waals surface area contributed by atoms with Crippen LogP contribution in [0, 0.1) is 0 Å². The summed E-state index contributed by atoms with van der Waals surface area (Å²) in [6.45, 7) is 3.02. The third-order valence-corrected chi connectivity index (χ3v) is 2.35. The number of carbonyl (C=O) groups excluding carboxylic acids is 1. The highest BCUT2D eigenvalue weighted by Gasteiger charge is 2.01. The predicted octanol–water partition coefficient (Wildman–Crippen LogP) is 1.32. The first-order valence-electron chi connectivity index (χ1n) is 5.77. The molecule has 0 aliphatic rings. The molecule has 17 heavy (non-hydrogen) atoms. The Hall–Kier alpha value is -1.84. The van der Waals surface area contributed by atoms with E-state index in [1.165, 1.54) is 10.6 Å². The van der Waals surface area contributed by atoms with E-state index >= 15 is 0 Å². The van der Waals surface area contributed by atoms with Gasteiger partial charge in [0.05, 0.1) is 0 Å². The maximum atomic E-state index is 11.4. The number of nitrogens with one attached hydrogen (secondary N) is 1. The summed E-state index contributed by atoms with van der Waals surface area (Å²) in [4.78, 5) is 22.8. The summed E-state index contributed by atoms with van der Waals surface area (Å²) in [5.41, 5.74) is -0.0748. The topological polar surface area (TPSA) is 51.1 Å². The molecule has 0 aliphatic carbocycles. The van der Waals surface area contributed by atoms with Crippen LogP contribution < -0.4 is 10.9 Å². The minimum atomic E-state index is -0.0748. The Morgan fingerprint density at radius 3 is 3.00 bits per heavy atom. The van der Waals surface area contributed by atoms with Crippen molar-refractivity contribution in [2.24, 2.45) is 0 Å². The Balaban J connectivity index is 2.29. The van der Waals surface area contributed by atoms with Gasteiger partial charge in [-0.3, -0.25) is 9.59 Å². The summed E-state index contributed by atoms with van der Waals surface area (Å²) in [5, 5.41) is 2.80. The van der Waals surface area contributed by atoms with Crippen LogP contribution >= 0.6 is 0 Å². The molecule has 1 heterocycles. The lowest BCUT2D eigenvalue weighted by molar-refractivity contribution is -0.121. The van der Waals surface area contributed by atoms with Gasteiger partial charge >= 0.3 is 0 Å². The van der Waals surface area contributed by atoms with E-state index in [-0.39, 0.29) is 11.5 Å². The van der Waals surface area contributed by atoms with Gasteiger partial charge in [-0.25, -0.2) is 0 Å². The number of allylic oxidation sites excluding steroid dienone is 1. The number of pyridine rings is 1.